The maximum atomic E-state index is 12.3. The second kappa shape index (κ2) is 8.33. The van der Waals surface area contributed by atoms with Crippen molar-refractivity contribution in [1.29, 1.82) is 0 Å². The second-order valence-electron chi connectivity index (χ2n) is 6.17. The number of benzene rings is 2. The summed E-state index contributed by atoms with van der Waals surface area (Å²) in [6.07, 6.45) is 5.24. The molecule has 0 amide bonds. The van der Waals surface area contributed by atoms with Gasteiger partial charge >= 0.3 is 5.97 Å². The highest BCUT2D eigenvalue weighted by atomic mass is 16.5. The summed E-state index contributed by atoms with van der Waals surface area (Å²) in [7, 11) is 0. The van der Waals surface area contributed by atoms with Gasteiger partial charge in [-0.25, -0.2) is 4.79 Å². The highest BCUT2D eigenvalue weighted by Gasteiger charge is 2.11. The molecule has 0 radical (unpaired) electrons. The van der Waals surface area contributed by atoms with Crippen LogP contribution < -0.4 is 0 Å². The van der Waals surface area contributed by atoms with Crippen LogP contribution in [0.1, 0.15) is 47.3 Å². The van der Waals surface area contributed by atoms with E-state index < -0.39 is 0 Å². The predicted octanol–water partition coefficient (Wildman–Crippen LogP) is 5.41. The molecule has 0 spiro atoms. The number of allylic oxidation sites excluding steroid dienone is 1. The van der Waals surface area contributed by atoms with Crippen molar-refractivity contribution in [3.8, 4) is 0 Å². The molecule has 0 aliphatic carbocycles. The fourth-order valence-electron chi connectivity index (χ4n) is 2.24. The molecular formula is C21H24O2. The maximum absolute atomic E-state index is 12.3. The molecule has 0 aliphatic heterocycles. The van der Waals surface area contributed by atoms with Crippen molar-refractivity contribution in [2.24, 2.45) is 5.92 Å². The number of rotatable bonds is 6. The van der Waals surface area contributed by atoms with Crippen molar-refractivity contribution < 1.29 is 9.53 Å². The number of hydrogen-bond donors (Lipinski definition) is 0. The molecule has 0 aromatic heterocycles. The molecule has 0 aliphatic rings. The van der Waals surface area contributed by atoms with E-state index in [4.69, 9.17) is 4.74 Å². The Balaban J connectivity index is 2.05. The first-order valence-electron chi connectivity index (χ1n) is 8.04. The molecule has 0 unspecified atom stereocenters. The summed E-state index contributed by atoms with van der Waals surface area (Å²) in [5.74, 6) is 0.359. The van der Waals surface area contributed by atoms with E-state index in [1.165, 1.54) is 0 Å². The quantitative estimate of drug-likeness (QED) is 0.667. The summed E-state index contributed by atoms with van der Waals surface area (Å²) < 4.78 is 5.43. The van der Waals surface area contributed by atoms with Crippen LogP contribution in [0.25, 0.3) is 6.08 Å². The molecule has 23 heavy (non-hydrogen) atoms. The summed E-state index contributed by atoms with van der Waals surface area (Å²) in [6, 6.07) is 15.6. The van der Waals surface area contributed by atoms with Gasteiger partial charge in [-0.1, -0.05) is 68.5 Å². The van der Waals surface area contributed by atoms with E-state index in [1.807, 2.05) is 55.5 Å². The summed E-state index contributed by atoms with van der Waals surface area (Å²) in [6.45, 7) is 6.60. The molecule has 0 atom stereocenters. The lowest BCUT2D eigenvalue weighted by molar-refractivity contribution is 0.0472. The lowest BCUT2D eigenvalue weighted by Gasteiger charge is -2.08. The first-order valence-corrected chi connectivity index (χ1v) is 8.04. The van der Waals surface area contributed by atoms with Crippen LogP contribution >= 0.6 is 0 Å². The van der Waals surface area contributed by atoms with Gasteiger partial charge in [0.2, 0.25) is 0 Å². The van der Waals surface area contributed by atoms with Crippen LogP contribution in [0, 0.1) is 12.8 Å². The van der Waals surface area contributed by atoms with Crippen molar-refractivity contribution in [1.82, 2.24) is 0 Å². The number of esters is 1. The molecule has 0 fully saturated rings. The lowest BCUT2D eigenvalue weighted by Crippen LogP contribution is -2.07. The minimum atomic E-state index is -0.273. The van der Waals surface area contributed by atoms with Crippen LogP contribution in [-0.4, -0.2) is 5.97 Å². The van der Waals surface area contributed by atoms with Crippen LogP contribution in [0.5, 0.6) is 0 Å². The zero-order valence-corrected chi connectivity index (χ0v) is 14.1. The highest BCUT2D eigenvalue weighted by Crippen LogP contribution is 2.15. The van der Waals surface area contributed by atoms with Crippen molar-refractivity contribution in [2.75, 3.05) is 0 Å². The Morgan fingerprint density at radius 1 is 1.13 bits per heavy atom. The maximum Gasteiger partial charge on any atom is 0.338 e. The highest BCUT2D eigenvalue weighted by molar-refractivity contribution is 5.91. The molecule has 2 rings (SSSR count). The number of carbonyl (C=O) groups excluding carboxylic acids is 1. The first kappa shape index (κ1) is 17.0. The van der Waals surface area contributed by atoms with Crippen LogP contribution in [-0.2, 0) is 11.3 Å². The smallest absolute Gasteiger partial charge is 0.338 e. The van der Waals surface area contributed by atoms with Crippen LogP contribution in [0.2, 0.25) is 0 Å². The molecule has 2 nitrogen and oxygen atoms in total. The topological polar surface area (TPSA) is 26.3 Å². The lowest BCUT2D eigenvalue weighted by atomic mass is 10.0. The first-order chi connectivity index (χ1) is 11.1. The van der Waals surface area contributed by atoms with Gasteiger partial charge in [-0.15, -0.1) is 0 Å². The molecule has 2 heteroatoms. The van der Waals surface area contributed by atoms with Crippen molar-refractivity contribution in [2.45, 2.75) is 33.8 Å². The third-order valence-corrected chi connectivity index (χ3v) is 3.61. The molecule has 0 N–H and O–H groups in total. The minimum Gasteiger partial charge on any atom is -0.457 e. The van der Waals surface area contributed by atoms with E-state index in [-0.39, 0.29) is 5.97 Å². The number of hydrogen-bond acceptors (Lipinski definition) is 2. The van der Waals surface area contributed by atoms with Gasteiger partial charge in [-0.3, -0.25) is 0 Å². The fraction of sp³-hybridized carbons (Fsp3) is 0.286. The SMILES string of the molecule is Cc1ccc(/C=C/CC(C)C)cc1C(=O)OCc1ccccc1. The molecule has 0 bridgehead atoms. The molecule has 0 saturated carbocycles. The number of ether oxygens (including phenoxy) is 1. The van der Waals surface area contributed by atoms with Crippen molar-refractivity contribution >= 4 is 12.0 Å². The van der Waals surface area contributed by atoms with Gasteiger partial charge in [0.05, 0.1) is 5.56 Å². The number of carbonyl (C=O) groups is 1. The van der Waals surface area contributed by atoms with Gasteiger partial charge in [-0.2, -0.15) is 0 Å². The van der Waals surface area contributed by atoms with Gasteiger partial charge in [0.25, 0.3) is 0 Å². The minimum absolute atomic E-state index is 0.273. The summed E-state index contributed by atoms with van der Waals surface area (Å²) in [5.41, 5.74) is 3.59. The number of aryl methyl sites for hydroxylation is 1. The van der Waals surface area contributed by atoms with Gasteiger partial charge in [0, 0.05) is 0 Å². The summed E-state index contributed by atoms with van der Waals surface area (Å²) >= 11 is 0. The Labute approximate surface area is 138 Å². The van der Waals surface area contributed by atoms with Gasteiger partial charge in [0.15, 0.2) is 0 Å². The zero-order valence-electron chi connectivity index (χ0n) is 14.1. The van der Waals surface area contributed by atoms with Gasteiger partial charge in [0.1, 0.15) is 6.61 Å². The molecule has 0 saturated heterocycles. The Morgan fingerprint density at radius 3 is 2.57 bits per heavy atom. The van der Waals surface area contributed by atoms with Crippen molar-refractivity contribution in [3.05, 3.63) is 76.9 Å². The van der Waals surface area contributed by atoms with Gasteiger partial charge in [-0.05, 0) is 42.0 Å². The molecular weight excluding hydrogens is 284 g/mol. The average Bonchev–Trinajstić information content (AvgIpc) is 2.55. The summed E-state index contributed by atoms with van der Waals surface area (Å²) in [4.78, 5) is 12.3. The average molecular weight is 308 g/mol. The van der Waals surface area contributed by atoms with E-state index in [0.717, 1.165) is 23.1 Å². The van der Waals surface area contributed by atoms with E-state index in [2.05, 4.69) is 26.0 Å². The summed E-state index contributed by atoms with van der Waals surface area (Å²) in [5, 5.41) is 0. The molecule has 2 aromatic carbocycles. The largest absolute Gasteiger partial charge is 0.457 e. The molecule has 120 valence electrons. The molecule has 0 heterocycles. The third-order valence-electron chi connectivity index (χ3n) is 3.61. The van der Waals surface area contributed by atoms with Crippen molar-refractivity contribution in [3.63, 3.8) is 0 Å². The Morgan fingerprint density at radius 2 is 1.87 bits per heavy atom. The van der Waals surface area contributed by atoms with Gasteiger partial charge < -0.3 is 4.74 Å². The standard InChI is InChI=1S/C21H24O2/c1-16(2)8-7-11-18-13-12-17(3)20(14-18)21(22)23-15-19-9-5-4-6-10-19/h4-7,9-14,16H,8,15H2,1-3H3/b11-7+. The van der Waals surface area contributed by atoms with Crippen LogP contribution in [0.15, 0.2) is 54.6 Å². The van der Waals surface area contributed by atoms with Crippen LogP contribution in [0.3, 0.4) is 0 Å². The van der Waals surface area contributed by atoms with Crippen LogP contribution in [0.4, 0.5) is 0 Å². The Hall–Kier alpha value is -2.35. The van der Waals surface area contributed by atoms with E-state index in [9.17, 15) is 4.79 Å². The van der Waals surface area contributed by atoms with E-state index >= 15 is 0 Å². The monoisotopic (exact) mass is 308 g/mol. The predicted molar refractivity (Wildman–Crippen MR) is 95.2 cm³/mol. The fourth-order valence-corrected chi connectivity index (χ4v) is 2.24. The Bertz CT molecular complexity index is 669. The molecule has 2 aromatic rings. The third kappa shape index (κ3) is 5.41. The normalized spacial score (nSPS) is 11.1. The second-order valence-corrected chi connectivity index (χ2v) is 6.17. The zero-order chi connectivity index (χ0) is 16.7. The Kier molecular flexibility index (Phi) is 6.16. The van der Waals surface area contributed by atoms with E-state index in [0.29, 0.717) is 18.1 Å². The van der Waals surface area contributed by atoms with E-state index in [1.54, 1.807) is 0 Å².